The summed E-state index contributed by atoms with van der Waals surface area (Å²) in [4.78, 5) is 24.4. The minimum absolute atomic E-state index is 0.0356. The molecular formula is C25H29N3O3. The van der Waals surface area contributed by atoms with Gasteiger partial charge in [0.25, 0.3) is 5.91 Å². The largest absolute Gasteiger partial charge is 0.495 e. The van der Waals surface area contributed by atoms with Crippen molar-refractivity contribution >= 4 is 34.7 Å². The molecule has 1 aromatic heterocycles. The van der Waals surface area contributed by atoms with E-state index in [0.717, 1.165) is 28.6 Å². The Balaban J connectivity index is 1.96. The monoisotopic (exact) mass is 419 g/mol. The summed E-state index contributed by atoms with van der Waals surface area (Å²) in [5.41, 5.74) is 3.57. The minimum atomic E-state index is -0.157. The number of benzene rings is 2. The van der Waals surface area contributed by atoms with Crippen LogP contribution in [0.3, 0.4) is 0 Å². The van der Waals surface area contributed by atoms with Crippen LogP contribution in [0.5, 0.6) is 5.75 Å². The van der Waals surface area contributed by atoms with Gasteiger partial charge in [-0.05, 0) is 43.0 Å². The average molecular weight is 420 g/mol. The molecule has 1 amide bonds. The van der Waals surface area contributed by atoms with Crippen LogP contribution in [0.2, 0.25) is 0 Å². The number of aromatic amines is 1. The highest BCUT2D eigenvalue weighted by atomic mass is 16.5. The van der Waals surface area contributed by atoms with E-state index in [1.165, 1.54) is 0 Å². The molecule has 0 aliphatic heterocycles. The lowest BCUT2D eigenvalue weighted by Crippen LogP contribution is -2.38. The zero-order chi connectivity index (χ0) is 22.5. The number of hydrogen-bond donors (Lipinski definition) is 2. The number of methoxy groups -OCH3 is 1. The van der Waals surface area contributed by atoms with Crippen LogP contribution < -0.4 is 10.1 Å². The fourth-order valence-electron chi connectivity index (χ4n) is 3.61. The maximum Gasteiger partial charge on any atom is 0.255 e. The van der Waals surface area contributed by atoms with Crippen LogP contribution in [0.15, 0.2) is 36.4 Å². The number of carbonyl (C=O) groups excluding carboxylic acids is 2. The molecule has 0 aliphatic rings. The lowest BCUT2D eigenvalue weighted by molar-refractivity contribution is 0.0921. The van der Waals surface area contributed by atoms with Gasteiger partial charge in [0.15, 0.2) is 5.78 Å². The van der Waals surface area contributed by atoms with Gasteiger partial charge in [0.2, 0.25) is 0 Å². The number of nitrogens with zero attached hydrogens (tertiary/aromatic N) is 1. The molecule has 0 bridgehead atoms. The molecule has 6 nitrogen and oxygen atoms in total. The molecule has 2 aromatic carbocycles. The van der Waals surface area contributed by atoms with Crippen molar-refractivity contribution in [2.45, 2.75) is 40.2 Å². The zero-order valence-corrected chi connectivity index (χ0v) is 18.7. The van der Waals surface area contributed by atoms with E-state index in [1.807, 2.05) is 30.4 Å². The summed E-state index contributed by atoms with van der Waals surface area (Å²) < 4.78 is 5.66. The third-order valence-corrected chi connectivity index (χ3v) is 5.47. The lowest BCUT2D eigenvalue weighted by atomic mass is 10.0. The first-order chi connectivity index (χ1) is 14.8. The lowest BCUT2D eigenvalue weighted by Gasteiger charge is -2.21. The number of fused-ring (bicyclic) bond motifs is 1. The maximum absolute atomic E-state index is 13.0. The van der Waals surface area contributed by atoms with Crippen molar-refractivity contribution in [2.24, 2.45) is 5.92 Å². The van der Waals surface area contributed by atoms with E-state index < -0.39 is 0 Å². The molecule has 0 spiro atoms. The Labute approximate surface area is 182 Å². The highest BCUT2D eigenvalue weighted by Crippen LogP contribution is 2.32. The van der Waals surface area contributed by atoms with Crippen molar-refractivity contribution in [3.63, 3.8) is 0 Å². The number of hydrogen-bond acceptors (Lipinski definition) is 4. The maximum atomic E-state index is 13.0. The molecule has 3 aromatic rings. The van der Waals surface area contributed by atoms with Gasteiger partial charge in [-0.2, -0.15) is 5.10 Å². The smallest absolute Gasteiger partial charge is 0.255 e. The van der Waals surface area contributed by atoms with Crippen LogP contribution in [0.1, 0.15) is 66.1 Å². The topological polar surface area (TPSA) is 84.1 Å². The van der Waals surface area contributed by atoms with Crippen molar-refractivity contribution in [1.82, 2.24) is 15.5 Å². The van der Waals surface area contributed by atoms with E-state index in [-0.39, 0.29) is 17.7 Å². The van der Waals surface area contributed by atoms with Crippen molar-refractivity contribution in [3.05, 3.63) is 58.8 Å². The Morgan fingerprint density at radius 3 is 2.42 bits per heavy atom. The Kier molecular flexibility index (Phi) is 6.90. The highest BCUT2D eigenvalue weighted by Gasteiger charge is 2.21. The molecule has 0 aliphatic carbocycles. The third kappa shape index (κ3) is 4.85. The second-order valence-corrected chi connectivity index (χ2v) is 7.92. The van der Waals surface area contributed by atoms with Crippen LogP contribution in [0, 0.1) is 5.92 Å². The first-order valence-electron chi connectivity index (χ1n) is 10.5. The molecule has 1 unspecified atom stereocenters. The first-order valence-corrected chi connectivity index (χ1v) is 10.5. The number of nitrogens with one attached hydrogen (secondary N) is 2. The second-order valence-electron chi connectivity index (χ2n) is 7.92. The molecule has 0 radical (unpaired) electrons. The second kappa shape index (κ2) is 9.60. The molecule has 6 heteroatoms. The first kappa shape index (κ1) is 22.3. The highest BCUT2D eigenvalue weighted by molar-refractivity contribution is 6.05. The van der Waals surface area contributed by atoms with Crippen molar-refractivity contribution in [1.29, 1.82) is 0 Å². The molecular weight excluding hydrogens is 390 g/mol. The Hall–Kier alpha value is -3.41. The molecule has 1 heterocycles. The molecule has 0 saturated carbocycles. The normalized spacial score (nSPS) is 12.5. The molecule has 162 valence electrons. The number of ether oxygens (including phenoxy) is 1. The van der Waals surface area contributed by atoms with Gasteiger partial charge in [0.1, 0.15) is 5.75 Å². The van der Waals surface area contributed by atoms with Gasteiger partial charge in [-0.3, -0.25) is 14.7 Å². The number of aromatic nitrogens is 2. The number of ketones is 1. The van der Waals surface area contributed by atoms with Crippen LogP contribution in [0.25, 0.3) is 23.1 Å². The van der Waals surface area contributed by atoms with E-state index in [0.29, 0.717) is 22.8 Å². The van der Waals surface area contributed by atoms with Gasteiger partial charge in [-0.25, -0.2) is 0 Å². The Morgan fingerprint density at radius 1 is 1.13 bits per heavy atom. The molecule has 31 heavy (non-hydrogen) atoms. The Morgan fingerprint density at radius 2 is 1.84 bits per heavy atom. The van der Waals surface area contributed by atoms with Gasteiger partial charge < -0.3 is 10.1 Å². The van der Waals surface area contributed by atoms with Gasteiger partial charge in [0.05, 0.1) is 29.3 Å². The fourth-order valence-corrected chi connectivity index (χ4v) is 3.61. The van der Waals surface area contributed by atoms with E-state index in [4.69, 9.17) is 4.74 Å². The molecule has 0 saturated heterocycles. The summed E-state index contributed by atoms with van der Waals surface area (Å²) in [6.07, 6.45) is 4.68. The number of carbonyl (C=O) groups is 2. The van der Waals surface area contributed by atoms with Gasteiger partial charge in [-0.15, -0.1) is 0 Å². The van der Waals surface area contributed by atoms with Crippen LogP contribution >= 0.6 is 0 Å². The molecule has 0 fully saturated rings. The summed E-state index contributed by atoms with van der Waals surface area (Å²) in [7, 11) is 1.56. The number of amides is 1. The number of H-pyrrole nitrogens is 1. The zero-order valence-electron chi connectivity index (χ0n) is 18.7. The summed E-state index contributed by atoms with van der Waals surface area (Å²) in [5.74, 6) is 0.711. The summed E-state index contributed by atoms with van der Waals surface area (Å²) >= 11 is 0. The minimum Gasteiger partial charge on any atom is -0.495 e. The summed E-state index contributed by atoms with van der Waals surface area (Å²) in [6, 6.07) is 11.0. The number of rotatable bonds is 8. The van der Waals surface area contributed by atoms with Crippen molar-refractivity contribution in [3.8, 4) is 5.75 Å². The average Bonchev–Trinajstić information content (AvgIpc) is 3.18. The van der Waals surface area contributed by atoms with E-state index in [9.17, 15) is 9.59 Å². The van der Waals surface area contributed by atoms with E-state index >= 15 is 0 Å². The quantitative estimate of drug-likeness (QED) is 0.497. The third-order valence-electron chi connectivity index (χ3n) is 5.47. The van der Waals surface area contributed by atoms with Crippen LogP contribution in [0.4, 0.5) is 0 Å². The number of Topliss-reactive ketones (excluding diaryl/α,β-unsaturated/α-hetero) is 1. The van der Waals surface area contributed by atoms with Crippen LogP contribution in [-0.4, -0.2) is 35.0 Å². The SMILES string of the molecule is CCC(NC(=O)c1ccc2n[nH]c(/C=C/c3ccc(C(C)=O)cc3)c2c1OC)C(C)C. The molecule has 3 rings (SSSR count). The predicted octanol–water partition coefficient (Wildman–Crippen LogP) is 5.11. The summed E-state index contributed by atoms with van der Waals surface area (Å²) in [6.45, 7) is 7.80. The summed E-state index contributed by atoms with van der Waals surface area (Å²) in [5, 5.41) is 11.2. The van der Waals surface area contributed by atoms with Crippen molar-refractivity contribution in [2.75, 3.05) is 7.11 Å². The predicted molar refractivity (Wildman–Crippen MR) is 124 cm³/mol. The van der Waals surface area contributed by atoms with E-state index in [2.05, 4.69) is 36.3 Å². The standard InChI is InChI=1S/C25H29N3O3/c1-6-20(15(2)3)26-25(30)19-12-14-22-23(24(19)31-5)21(27-28-22)13-9-17-7-10-18(11-8-17)16(4)29/h7-15,20H,6H2,1-5H3,(H,26,30)(H,27,28)/b13-9+. The van der Waals surface area contributed by atoms with Crippen molar-refractivity contribution < 1.29 is 14.3 Å². The molecule has 2 N–H and O–H groups in total. The Bertz CT molecular complexity index is 1110. The van der Waals surface area contributed by atoms with Crippen LogP contribution in [-0.2, 0) is 0 Å². The van der Waals surface area contributed by atoms with Gasteiger partial charge in [-0.1, -0.05) is 51.1 Å². The van der Waals surface area contributed by atoms with Gasteiger partial charge >= 0.3 is 0 Å². The van der Waals surface area contributed by atoms with Gasteiger partial charge in [0, 0.05) is 11.6 Å². The van der Waals surface area contributed by atoms with E-state index in [1.54, 1.807) is 32.2 Å². The molecule has 1 atom stereocenters. The fraction of sp³-hybridized carbons (Fsp3) is 0.320.